The number of carbonyl (C=O) groups excluding carboxylic acids is 2. The summed E-state index contributed by atoms with van der Waals surface area (Å²) in [4.78, 5) is 30.0. The third kappa shape index (κ3) is 5.53. The lowest BCUT2D eigenvalue weighted by Crippen LogP contribution is -2.48. The highest BCUT2D eigenvalue weighted by Crippen LogP contribution is 2.22. The zero-order valence-electron chi connectivity index (χ0n) is 18.4. The summed E-state index contributed by atoms with van der Waals surface area (Å²) in [5.41, 5.74) is 3.12. The lowest BCUT2D eigenvalue weighted by molar-refractivity contribution is -0.127. The number of benzene rings is 2. The van der Waals surface area contributed by atoms with Crippen molar-refractivity contribution < 1.29 is 9.59 Å². The van der Waals surface area contributed by atoms with E-state index in [1.165, 1.54) is 5.56 Å². The molecule has 0 aliphatic carbocycles. The molecule has 0 radical (unpaired) electrons. The zero-order valence-corrected chi connectivity index (χ0v) is 18.4. The summed E-state index contributed by atoms with van der Waals surface area (Å²) in [6.07, 6.45) is 3.50. The second-order valence-corrected chi connectivity index (χ2v) is 8.93. The van der Waals surface area contributed by atoms with Gasteiger partial charge in [0, 0.05) is 50.2 Å². The molecule has 5 heteroatoms. The van der Waals surface area contributed by atoms with Crippen LogP contribution in [0.15, 0.2) is 54.6 Å². The molecule has 0 unspecified atom stereocenters. The number of hydrogen-bond donors (Lipinski definition) is 1. The molecule has 2 fully saturated rings. The highest BCUT2D eigenvalue weighted by molar-refractivity contribution is 5.95. The van der Waals surface area contributed by atoms with E-state index in [0.717, 1.165) is 56.4 Å². The van der Waals surface area contributed by atoms with E-state index in [9.17, 15) is 9.59 Å². The molecule has 1 N–H and O–H groups in total. The van der Waals surface area contributed by atoms with Gasteiger partial charge in [0.25, 0.3) is 5.91 Å². The van der Waals surface area contributed by atoms with Gasteiger partial charge in [0.2, 0.25) is 5.91 Å². The molecule has 0 saturated carbocycles. The Morgan fingerprint density at radius 2 is 1.52 bits per heavy atom. The maximum Gasteiger partial charge on any atom is 0.254 e. The van der Waals surface area contributed by atoms with Crippen molar-refractivity contribution in [2.24, 2.45) is 5.92 Å². The van der Waals surface area contributed by atoms with Crippen molar-refractivity contribution >= 4 is 11.8 Å². The van der Waals surface area contributed by atoms with Crippen LogP contribution in [0.3, 0.4) is 0 Å². The van der Waals surface area contributed by atoms with Crippen LogP contribution >= 0.6 is 0 Å². The van der Waals surface area contributed by atoms with Crippen molar-refractivity contribution in [1.82, 2.24) is 15.1 Å². The normalized spacial score (nSPS) is 18.7. The molecule has 164 valence electrons. The maximum atomic E-state index is 12.8. The number of rotatable bonds is 5. The zero-order chi connectivity index (χ0) is 21.6. The van der Waals surface area contributed by atoms with Crippen molar-refractivity contribution in [1.29, 1.82) is 0 Å². The number of piperidine rings is 2. The van der Waals surface area contributed by atoms with E-state index >= 15 is 0 Å². The minimum absolute atomic E-state index is 0.0169. The lowest BCUT2D eigenvalue weighted by Gasteiger charge is -2.35. The van der Waals surface area contributed by atoms with Gasteiger partial charge in [-0.25, -0.2) is 0 Å². The first-order valence-electron chi connectivity index (χ1n) is 11.5. The lowest BCUT2D eigenvalue weighted by atomic mass is 9.94. The Morgan fingerprint density at radius 1 is 0.871 bits per heavy atom. The van der Waals surface area contributed by atoms with E-state index < -0.39 is 0 Å². The van der Waals surface area contributed by atoms with Gasteiger partial charge >= 0.3 is 0 Å². The molecule has 2 heterocycles. The van der Waals surface area contributed by atoms with E-state index in [4.69, 9.17) is 0 Å². The molecule has 2 saturated heterocycles. The van der Waals surface area contributed by atoms with E-state index in [1.807, 2.05) is 42.2 Å². The highest BCUT2D eigenvalue weighted by Gasteiger charge is 2.30. The van der Waals surface area contributed by atoms with Gasteiger partial charge in [-0.2, -0.15) is 0 Å². The Hall–Kier alpha value is -2.66. The van der Waals surface area contributed by atoms with Crippen molar-refractivity contribution in [2.45, 2.75) is 45.2 Å². The SMILES string of the molecule is Cc1ccccc1C(=O)N1CCC(C(=O)NC2CCN(Cc3ccccc3)CC2)CC1. The largest absolute Gasteiger partial charge is 0.353 e. The Balaban J connectivity index is 1.20. The van der Waals surface area contributed by atoms with Crippen LogP contribution in [0.2, 0.25) is 0 Å². The average Bonchev–Trinajstić information content (AvgIpc) is 2.81. The summed E-state index contributed by atoms with van der Waals surface area (Å²) in [5.74, 6) is 0.274. The van der Waals surface area contributed by atoms with Gasteiger partial charge in [-0.1, -0.05) is 48.5 Å². The molecule has 0 aromatic heterocycles. The van der Waals surface area contributed by atoms with Gasteiger partial charge in [-0.3, -0.25) is 14.5 Å². The number of amides is 2. The molecule has 0 spiro atoms. The van der Waals surface area contributed by atoms with E-state index in [-0.39, 0.29) is 23.8 Å². The molecule has 2 aromatic carbocycles. The molecule has 4 rings (SSSR count). The van der Waals surface area contributed by atoms with E-state index in [2.05, 4.69) is 34.5 Å². The molecular weight excluding hydrogens is 386 g/mol. The van der Waals surface area contributed by atoms with Crippen LogP contribution < -0.4 is 5.32 Å². The van der Waals surface area contributed by atoms with Crippen LogP contribution in [-0.4, -0.2) is 53.8 Å². The van der Waals surface area contributed by atoms with Crippen molar-refractivity contribution in [3.63, 3.8) is 0 Å². The quantitative estimate of drug-likeness (QED) is 0.805. The first-order chi connectivity index (χ1) is 15.1. The van der Waals surface area contributed by atoms with Crippen molar-refractivity contribution in [2.75, 3.05) is 26.2 Å². The smallest absolute Gasteiger partial charge is 0.254 e. The topological polar surface area (TPSA) is 52.7 Å². The molecule has 5 nitrogen and oxygen atoms in total. The highest BCUT2D eigenvalue weighted by atomic mass is 16.2. The molecule has 2 aliphatic heterocycles. The monoisotopic (exact) mass is 419 g/mol. The Bertz CT molecular complexity index is 883. The summed E-state index contributed by atoms with van der Waals surface area (Å²) in [6.45, 7) is 6.29. The van der Waals surface area contributed by atoms with Crippen molar-refractivity contribution in [3.8, 4) is 0 Å². The van der Waals surface area contributed by atoms with Crippen LogP contribution in [0.4, 0.5) is 0 Å². The predicted octanol–water partition coefficient (Wildman–Crippen LogP) is 3.63. The second-order valence-electron chi connectivity index (χ2n) is 8.93. The summed E-state index contributed by atoms with van der Waals surface area (Å²) < 4.78 is 0. The molecule has 0 atom stereocenters. The van der Waals surface area contributed by atoms with E-state index in [1.54, 1.807) is 0 Å². The minimum Gasteiger partial charge on any atom is -0.353 e. The summed E-state index contributed by atoms with van der Waals surface area (Å²) in [6, 6.07) is 18.6. The van der Waals surface area contributed by atoms with Crippen LogP contribution in [0.5, 0.6) is 0 Å². The number of carbonyl (C=O) groups is 2. The van der Waals surface area contributed by atoms with Gasteiger partial charge in [-0.05, 0) is 49.8 Å². The predicted molar refractivity (Wildman–Crippen MR) is 123 cm³/mol. The first kappa shape index (κ1) is 21.6. The summed E-state index contributed by atoms with van der Waals surface area (Å²) in [5, 5.41) is 3.29. The fourth-order valence-corrected chi connectivity index (χ4v) is 4.72. The standard InChI is InChI=1S/C26H33N3O2/c1-20-7-5-6-10-24(20)26(31)29-17-11-22(12-18-29)25(30)27-23-13-15-28(16-14-23)19-21-8-3-2-4-9-21/h2-10,22-23H,11-19H2,1H3,(H,27,30). The van der Waals surface area contributed by atoms with Crippen LogP contribution in [0, 0.1) is 12.8 Å². The first-order valence-corrected chi connectivity index (χ1v) is 11.5. The summed E-state index contributed by atoms with van der Waals surface area (Å²) >= 11 is 0. The van der Waals surface area contributed by atoms with Crippen LogP contribution in [0.25, 0.3) is 0 Å². The Kier molecular flexibility index (Phi) is 7.03. The van der Waals surface area contributed by atoms with E-state index in [0.29, 0.717) is 13.1 Å². The van der Waals surface area contributed by atoms with Crippen LogP contribution in [0.1, 0.15) is 47.2 Å². The van der Waals surface area contributed by atoms with Gasteiger partial charge in [0.1, 0.15) is 0 Å². The molecular formula is C26H33N3O2. The third-order valence-electron chi connectivity index (χ3n) is 6.71. The molecule has 2 amide bonds. The maximum absolute atomic E-state index is 12.8. The molecule has 0 bridgehead atoms. The number of nitrogens with zero attached hydrogens (tertiary/aromatic N) is 2. The fraction of sp³-hybridized carbons (Fsp3) is 0.462. The minimum atomic E-state index is 0.0169. The van der Waals surface area contributed by atoms with Crippen molar-refractivity contribution in [3.05, 3.63) is 71.3 Å². The van der Waals surface area contributed by atoms with Crippen LogP contribution in [-0.2, 0) is 11.3 Å². The number of nitrogens with one attached hydrogen (secondary N) is 1. The average molecular weight is 420 g/mol. The summed E-state index contributed by atoms with van der Waals surface area (Å²) in [7, 11) is 0. The molecule has 2 aliphatic rings. The van der Waals surface area contributed by atoms with Gasteiger partial charge in [0.15, 0.2) is 0 Å². The number of aryl methyl sites for hydroxylation is 1. The number of likely N-dealkylation sites (tertiary alicyclic amines) is 2. The molecule has 2 aromatic rings. The van der Waals surface area contributed by atoms with Gasteiger partial charge in [0.05, 0.1) is 0 Å². The Morgan fingerprint density at radius 3 is 2.19 bits per heavy atom. The second kappa shape index (κ2) is 10.1. The Labute approximate surface area is 185 Å². The van der Waals surface area contributed by atoms with Gasteiger partial charge < -0.3 is 10.2 Å². The fourth-order valence-electron chi connectivity index (χ4n) is 4.72. The third-order valence-corrected chi connectivity index (χ3v) is 6.71. The van der Waals surface area contributed by atoms with Gasteiger partial charge in [-0.15, -0.1) is 0 Å². The molecule has 31 heavy (non-hydrogen) atoms. The number of hydrogen-bond acceptors (Lipinski definition) is 3.